The molecule has 24 heavy (non-hydrogen) atoms. The summed E-state index contributed by atoms with van der Waals surface area (Å²) in [5.74, 6) is 1.41. The molecule has 1 atom stereocenters. The monoisotopic (exact) mass is 351 g/mol. The molecular weight excluding hydrogens is 318 g/mol. The lowest BCUT2D eigenvalue weighted by molar-refractivity contribution is 0.280. The largest absolute Gasteiger partial charge is 0.357 e. The first-order chi connectivity index (χ1) is 11.7. The van der Waals surface area contributed by atoms with Crippen LogP contribution >= 0.6 is 11.3 Å². The first kappa shape index (κ1) is 19.2. The van der Waals surface area contributed by atoms with Gasteiger partial charge in [0.2, 0.25) is 0 Å². The molecule has 0 amide bonds. The molecule has 0 saturated carbocycles. The lowest BCUT2D eigenvalue weighted by Gasteiger charge is -2.21. The molecule has 1 aliphatic rings. The van der Waals surface area contributed by atoms with Crippen LogP contribution in [0.25, 0.3) is 0 Å². The number of aliphatic imine (C=N–C) groups is 1. The van der Waals surface area contributed by atoms with Gasteiger partial charge in [-0.05, 0) is 44.9 Å². The highest BCUT2D eigenvalue weighted by Crippen LogP contribution is 2.20. The zero-order valence-corrected chi connectivity index (χ0v) is 16.2. The van der Waals surface area contributed by atoms with E-state index in [1.165, 1.54) is 37.5 Å². The fourth-order valence-electron chi connectivity index (χ4n) is 2.89. The van der Waals surface area contributed by atoms with Gasteiger partial charge in [0.1, 0.15) is 0 Å². The molecule has 5 nitrogen and oxygen atoms in total. The van der Waals surface area contributed by atoms with Gasteiger partial charge in [0, 0.05) is 43.5 Å². The molecule has 2 rings (SSSR count). The summed E-state index contributed by atoms with van der Waals surface area (Å²) in [5.41, 5.74) is 0. The Balaban J connectivity index is 1.74. The van der Waals surface area contributed by atoms with Crippen LogP contribution in [0.4, 0.5) is 0 Å². The zero-order valence-electron chi connectivity index (χ0n) is 15.4. The number of hydrogen-bond acceptors (Lipinski definition) is 4. The van der Waals surface area contributed by atoms with Crippen LogP contribution in [0.15, 0.2) is 22.5 Å². The third-order valence-electron chi connectivity index (χ3n) is 4.43. The Hall–Kier alpha value is -1.11. The zero-order chi connectivity index (χ0) is 17.2. The summed E-state index contributed by atoms with van der Waals surface area (Å²) in [6, 6.07) is 4.31. The summed E-state index contributed by atoms with van der Waals surface area (Å²) in [6.45, 7) is 12.9. The van der Waals surface area contributed by atoms with Gasteiger partial charge in [-0.1, -0.05) is 13.0 Å². The van der Waals surface area contributed by atoms with Crippen molar-refractivity contribution >= 4 is 17.3 Å². The molecule has 1 aromatic rings. The van der Waals surface area contributed by atoms with Crippen LogP contribution in [-0.4, -0.2) is 75.2 Å². The Morgan fingerprint density at radius 3 is 2.92 bits per heavy atom. The molecule has 0 spiro atoms. The van der Waals surface area contributed by atoms with Crippen LogP contribution in [0.5, 0.6) is 0 Å². The van der Waals surface area contributed by atoms with Crippen LogP contribution in [0.3, 0.4) is 0 Å². The Kier molecular flexibility index (Phi) is 8.56. The summed E-state index contributed by atoms with van der Waals surface area (Å²) < 4.78 is 0. The number of nitrogens with one attached hydrogen (secondary N) is 2. The van der Waals surface area contributed by atoms with Crippen molar-refractivity contribution in [1.82, 2.24) is 20.4 Å². The predicted octanol–water partition coefficient (Wildman–Crippen LogP) is 2.04. The maximum Gasteiger partial charge on any atom is 0.191 e. The van der Waals surface area contributed by atoms with Crippen LogP contribution in [0.2, 0.25) is 0 Å². The van der Waals surface area contributed by atoms with E-state index in [0.29, 0.717) is 5.92 Å². The van der Waals surface area contributed by atoms with Crippen LogP contribution in [0.1, 0.15) is 31.1 Å². The fraction of sp³-hybridized carbons (Fsp3) is 0.722. The van der Waals surface area contributed by atoms with Crippen LogP contribution < -0.4 is 10.6 Å². The molecule has 6 heteroatoms. The van der Waals surface area contributed by atoms with Gasteiger partial charge in [0.05, 0.1) is 6.54 Å². The van der Waals surface area contributed by atoms with E-state index in [1.54, 1.807) is 0 Å². The minimum absolute atomic E-state index is 0.474. The summed E-state index contributed by atoms with van der Waals surface area (Å²) in [7, 11) is 2.21. The topological polar surface area (TPSA) is 42.9 Å². The quantitative estimate of drug-likeness (QED) is 0.583. The van der Waals surface area contributed by atoms with Gasteiger partial charge in [-0.2, -0.15) is 0 Å². The van der Waals surface area contributed by atoms with Gasteiger partial charge in [0.15, 0.2) is 5.96 Å². The van der Waals surface area contributed by atoms with Crippen LogP contribution in [0, 0.1) is 0 Å². The van der Waals surface area contributed by atoms with E-state index >= 15 is 0 Å². The van der Waals surface area contributed by atoms with Gasteiger partial charge in [0.25, 0.3) is 0 Å². The maximum atomic E-state index is 4.76. The van der Waals surface area contributed by atoms with E-state index in [-0.39, 0.29) is 0 Å². The highest BCUT2D eigenvalue weighted by Gasteiger charge is 2.11. The second-order valence-corrected chi connectivity index (χ2v) is 7.54. The first-order valence-electron chi connectivity index (χ1n) is 9.15. The van der Waals surface area contributed by atoms with Gasteiger partial charge < -0.3 is 20.4 Å². The van der Waals surface area contributed by atoms with Crippen molar-refractivity contribution in [2.24, 2.45) is 4.99 Å². The summed E-state index contributed by atoms with van der Waals surface area (Å²) in [5, 5.41) is 8.98. The maximum absolute atomic E-state index is 4.76. The lowest BCUT2D eigenvalue weighted by atomic mass is 10.1. The average Bonchev–Trinajstić information content (AvgIpc) is 3.03. The van der Waals surface area contributed by atoms with Crippen molar-refractivity contribution in [3.63, 3.8) is 0 Å². The Labute approximate surface area is 151 Å². The molecule has 1 aromatic heterocycles. The minimum Gasteiger partial charge on any atom is -0.357 e. The van der Waals surface area contributed by atoms with E-state index in [9.17, 15) is 0 Å². The fourth-order valence-corrected chi connectivity index (χ4v) is 3.67. The normalized spacial score (nSPS) is 19.0. The van der Waals surface area contributed by atoms with Gasteiger partial charge in [-0.3, -0.25) is 4.99 Å². The number of guanidine groups is 1. The number of hydrogen-bond donors (Lipinski definition) is 2. The molecular formula is C18H33N5S. The Bertz CT molecular complexity index is 474. The molecule has 1 aliphatic heterocycles. The summed E-state index contributed by atoms with van der Waals surface area (Å²) in [4.78, 5) is 11.1. The molecule has 0 aliphatic carbocycles. The number of nitrogens with zero attached hydrogens (tertiary/aromatic N) is 3. The summed E-state index contributed by atoms with van der Waals surface area (Å²) >= 11 is 1.81. The van der Waals surface area contributed by atoms with E-state index in [2.05, 4.69) is 58.8 Å². The van der Waals surface area contributed by atoms with Crippen molar-refractivity contribution in [3.05, 3.63) is 22.4 Å². The Morgan fingerprint density at radius 1 is 1.29 bits per heavy atom. The number of thiophene rings is 1. The lowest BCUT2D eigenvalue weighted by Crippen LogP contribution is -2.42. The summed E-state index contributed by atoms with van der Waals surface area (Å²) in [6.07, 6.45) is 1.27. The van der Waals surface area contributed by atoms with E-state index in [4.69, 9.17) is 4.99 Å². The van der Waals surface area contributed by atoms with Crippen molar-refractivity contribution in [2.75, 3.05) is 59.4 Å². The van der Waals surface area contributed by atoms with Gasteiger partial charge in [-0.15, -0.1) is 11.3 Å². The second kappa shape index (κ2) is 10.7. The third kappa shape index (κ3) is 6.79. The van der Waals surface area contributed by atoms with Crippen molar-refractivity contribution in [2.45, 2.75) is 26.2 Å². The number of rotatable bonds is 7. The van der Waals surface area contributed by atoms with E-state index < -0.39 is 0 Å². The van der Waals surface area contributed by atoms with Crippen molar-refractivity contribution < 1.29 is 0 Å². The first-order valence-corrected chi connectivity index (χ1v) is 10.0. The Morgan fingerprint density at radius 2 is 2.17 bits per heavy atom. The average molecular weight is 352 g/mol. The standard InChI is InChI=1S/C18H33N5S/c1-4-19-18(21-15-16(2)17-7-5-14-24-17)20-8-11-23-10-6-9-22(3)12-13-23/h5,7,14,16H,4,6,8-13,15H2,1-3H3,(H2,19,20,21). The molecule has 136 valence electrons. The molecule has 0 bridgehead atoms. The molecule has 2 heterocycles. The molecule has 0 radical (unpaired) electrons. The third-order valence-corrected chi connectivity index (χ3v) is 5.53. The van der Waals surface area contributed by atoms with E-state index in [1.807, 2.05) is 11.3 Å². The van der Waals surface area contributed by atoms with Crippen LogP contribution in [-0.2, 0) is 0 Å². The molecule has 1 unspecified atom stereocenters. The highest BCUT2D eigenvalue weighted by atomic mass is 32.1. The smallest absolute Gasteiger partial charge is 0.191 e. The van der Waals surface area contributed by atoms with E-state index in [0.717, 1.165) is 32.1 Å². The number of likely N-dealkylation sites (N-methyl/N-ethyl adjacent to an activating group) is 1. The minimum atomic E-state index is 0.474. The molecule has 1 fully saturated rings. The van der Waals surface area contributed by atoms with Gasteiger partial charge in [-0.25, -0.2) is 0 Å². The predicted molar refractivity (Wildman–Crippen MR) is 105 cm³/mol. The second-order valence-electron chi connectivity index (χ2n) is 6.56. The van der Waals surface area contributed by atoms with Crippen molar-refractivity contribution in [1.29, 1.82) is 0 Å². The molecule has 2 N–H and O–H groups in total. The highest BCUT2D eigenvalue weighted by molar-refractivity contribution is 7.10. The molecule has 0 aromatic carbocycles. The molecule has 1 saturated heterocycles. The van der Waals surface area contributed by atoms with Gasteiger partial charge >= 0.3 is 0 Å². The SMILES string of the molecule is CCNC(=NCC(C)c1cccs1)NCCN1CCCN(C)CC1. The van der Waals surface area contributed by atoms with Crippen molar-refractivity contribution in [3.8, 4) is 0 Å².